The lowest BCUT2D eigenvalue weighted by atomic mass is 10.1. The largest absolute Gasteiger partial charge is 0.376 e. The zero-order valence-corrected chi connectivity index (χ0v) is 16.4. The van der Waals surface area contributed by atoms with Crippen LogP contribution in [0.15, 0.2) is 40.4 Å². The molecule has 0 radical (unpaired) electrons. The molecule has 1 saturated heterocycles. The molecule has 1 atom stereocenters. The summed E-state index contributed by atoms with van der Waals surface area (Å²) in [6.07, 6.45) is 2.58. The van der Waals surface area contributed by atoms with Crippen molar-refractivity contribution in [2.45, 2.75) is 39.3 Å². The Kier molecular flexibility index (Phi) is 5.31. The van der Waals surface area contributed by atoms with Gasteiger partial charge in [0.15, 0.2) is 5.17 Å². The van der Waals surface area contributed by atoms with Crippen molar-refractivity contribution in [2.75, 3.05) is 12.4 Å². The number of halogens is 1. The molecule has 0 amide bonds. The lowest BCUT2D eigenvalue weighted by Gasteiger charge is -2.17. The first kappa shape index (κ1) is 18.3. The Morgan fingerprint density at radius 2 is 2.22 bits per heavy atom. The van der Waals surface area contributed by atoms with Crippen molar-refractivity contribution < 1.29 is 9.13 Å². The number of hydrazone groups is 1. The molecule has 0 bridgehead atoms. The van der Waals surface area contributed by atoms with Crippen molar-refractivity contribution >= 4 is 28.3 Å². The SMILES string of the molecule is Cc1cc(C2=NNC(=Nc3ccccc3F)SC2)c(C)n1C[C@H]1CCCO1. The molecular weight excluding hydrogens is 363 g/mol. The summed E-state index contributed by atoms with van der Waals surface area (Å²) < 4.78 is 21.9. The highest BCUT2D eigenvalue weighted by atomic mass is 32.2. The van der Waals surface area contributed by atoms with E-state index in [0.29, 0.717) is 22.7 Å². The summed E-state index contributed by atoms with van der Waals surface area (Å²) >= 11 is 1.53. The molecule has 0 saturated carbocycles. The van der Waals surface area contributed by atoms with Gasteiger partial charge < -0.3 is 9.30 Å². The molecule has 5 nitrogen and oxygen atoms in total. The van der Waals surface area contributed by atoms with Crippen LogP contribution >= 0.6 is 11.8 Å². The Morgan fingerprint density at radius 1 is 1.37 bits per heavy atom. The average Bonchev–Trinajstić information content (AvgIpc) is 3.28. The summed E-state index contributed by atoms with van der Waals surface area (Å²) in [6.45, 7) is 6.02. The third kappa shape index (κ3) is 3.94. The molecule has 1 aromatic carbocycles. The topological polar surface area (TPSA) is 50.9 Å². The summed E-state index contributed by atoms with van der Waals surface area (Å²) in [4.78, 5) is 4.32. The summed E-state index contributed by atoms with van der Waals surface area (Å²) in [6, 6.07) is 8.67. The van der Waals surface area contributed by atoms with Gasteiger partial charge in [0.25, 0.3) is 0 Å². The Hall–Kier alpha value is -2.12. The smallest absolute Gasteiger partial charge is 0.182 e. The highest BCUT2D eigenvalue weighted by molar-refractivity contribution is 8.14. The molecule has 1 aromatic heterocycles. The first-order valence-corrected chi connectivity index (χ1v) is 10.2. The summed E-state index contributed by atoms with van der Waals surface area (Å²) in [5.74, 6) is 0.365. The van der Waals surface area contributed by atoms with Gasteiger partial charge in [0.2, 0.25) is 0 Å². The van der Waals surface area contributed by atoms with E-state index in [2.05, 4.69) is 40.0 Å². The summed E-state index contributed by atoms with van der Waals surface area (Å²) in [5.41, 5.74) is 7.85. The molecule has 0 unspecified atom stereocenters. The fourth-order valence-electron chi connectivity index (χ4n) is 3.53. The summed E-state index contributed by atoms with van der Waals surface area (Å²) in [7, 11) is 0. The van der Waals surface area contributed by atoms with Crippen LogP contribution in [0.25, 0.3) is 0 Å². The van der Waals surface area contributed by atoms with Crippen LogP contribution in [0.4, 0.5) is 10.1 Å². The third-order valence-electron chi connectivity index (χ3n) is 5.00. The zero-order valence-electron chi connectivity index (χ0n) is 15.5. The van der Waals surface area contributed by atoms with Crippen molar-refractivity contribution in [3.05, 3.63) is 53.1 Å². The number of hydrogen-bond acceptors (Lipinski definition) is 4. The Bertz CT molecular complexity index is 899. The minimum absolute atomic E-state index is 0.308. The molecule has 0 aliphatic carbocycles. The molecule has 1 fully saturated rings. The second kappa shape index (κ2) is 7.86. The van der Waals surface area contributed by atoms with Gasteiger partial charge in [0, 0.05) is 35.9 Å². The fraction of sp³-hybridized carbons (Fsp3) is 0.400. The van der Waals surface area contributed by atoms with Crippen molar-refractivity contribution in [1.82, 2.24) is 9.99 Å². The van der Waals surface area contributed by atoms with E-state index in [1.54, 1.807) is 18.2 Å². The second-order valence-corrected chi connectivity index (χ2v) is 7.82. The standard InChI is InChI=1S/C20H23FN4OS/c1-13-10-16(14(2)25(13)11-15-6-5-9-26-15)19-12-27-20(24-23-19)22-18-8-4-3-7-17(18)21/h3-4,7-8,10,15H,5-6,9,11-12H2,1-2H3,(H,22,24)/t15-/m1/s1. The number of aromatic nitrogens is 1. The van der Waals surface area contributed by atoms with E-state index in [1.165, 1.54) is 29.2 Å². The van der Waals surface area contributed by atoms with E-state index >= 15 is 0 Å². The number of nitrogens with zero attached hydrogens (tertiary/aromatic N) is 3. The second-order valence-electron chi connectivity index (χ2n) is 6.86. The van der Waals surface area contributed by atoms with E-state index in [4.69, 9.17) is 4.74 Å². The molecule has 0 spiro atoms. The van der Waals surface area contributed by atoms with E-state index in [-0.39, 0.29) is 5.82 Å². The molecule has 142 valence electrons. The van der Waals surface area contributed by atoms with Crippen LogP contribution < -0.4 is 5.43 Å². The number of thioether (sulfide) groups is 1. The lowest BCUT2D eigenvalue weighted by Crippen LogP contribution is -2.25. The monoisotopic (exact) mass is 386 g/mol. The van der Waals surface area contributed by atoms with Crippen LogP contribution in [0, 0.1) is 19.7 Å². The van der Waals surface area contributed by atoms with Crippen LogP contribution in [0.3, 0.4) is 0 Å². The predicted molar refractivity (Wildman–Crippen MR) is 109 cm³/mol. The van der Waals surface area contributed by atoms with Crippen LogP contribution in [-0.4, -0.2) is 33.9 Å². The number of rotatable bonds is 4. The van der Waals surface area contributed by atoms with E-state index < -0.39 is 0 Å². The molecule has 4 rings (SSSR count). The molecule has 2 aliphatic rings. The maximum atomic E-state index is 13.8. The van der Waals surface area contributed by atoms with E-state index in [1.807, 2.05) is 0 Å². The number of aliphatic imine (C=N–C) groups is 1. The van der Waals surface area contributed by atoms with Crippen LogP contribution in [0.2, 0.25) is 0 Å². The van der Waals surface area contributed by atoms with Crippen molar-refractivity contribution in [3.63, 3.8) is 0 Å². The number of aryl methyl sites for hydroxylation is 1. The number of amidine groups is 1. The minimum Gasteiger partial charge on any atom is -0.376 e. The van der Waals surface area contributed by atoms with Gasteiger partial charge in [0.05, 0.1) is 11.8 Å². The first-order valence-electron chi connectivity index (χ1n) is 9.19. The first-order chi connectivity index (χ1) is 13.1. The molecule has 2 aromatic rings. The van der Waals surface area contributed by atoms with Gasteiger partial charge in [-0.2, -0.15) is 5.10 Å². The van der Waals surface area contributed by atoms with Gasteiger partial charge in [-0.25, -0.2) is 9.38 Å². The highest BCUT2D eigenvalue weighted by Gasteiger charge is 2.22. The average molecular weight is 386 g/mol. The molecular formula is C20H23FN4OS. The van der Waals surface area contributed by atoms with Crippen molar-refractivity contribution in [3.8, 4) is 0 Å². The Labute approximate surface area is 162 Å². The lowest BCUT2D eigenvalue weighted by molar-refractivity contribution is 0.0962. The number of para-hydroxylation sites is 1. The van der Waals surface area contributed by atoms with Gasteiger partial charge in [-0.15, -0.1) is 0 Å². The predicted octanol–water partition coefficient (Wildman–Crippen LogP) is 4.15. The molecule has 1 N–H and O–H groups in total. The van der Waals surface area contributed by atoms with Crippen molar-refractivity contribution in [2.24, 2.45) is 10.1 Å². The highest BCUT2D eigenvalue weighted by Crippen LogP contribution is 2.24. The Balaban J connectivity index is 1.52. The van der Waals surface area contributed by atoms with E-state index in [9.17, 15) is 4.39 Å². The Morgan fingerprint density at radius 3 is 2.93 bits per heavy atom. The number of hydrogen-bond donors (Lipinski definition) is 1. The maximum Gasteiger partial charge on any atom is 0.182 e. The van der Waals surface area contributed by atoms with E-state index in [0.717, 1.165) is 37.3 Å². The maximum absolute atomic E-state index is 13.8. The van der Waals surface area contributed by atoms with Crippen LogP contribution in [0.5, 0.6) is 0 Å². The number of ether oxygens (including phenoxy) is 1. The quantitative estimate of drug-likeness (QED) is 0.859. The summed E-state index contributed by atoms with van der Waals surface area (Å²) in [5, 5.41) is 5.11. The van der Waals surface area contributed by atoms with Gasteiger partial charge in [0.1, 0.15) is 11.5 Å². The molecule has 27 heavy (non-hydrogen) atoms. The normalized spacial score (nSPS) is 21.4. The van der Waals surface area contributed by atoms with Gasteiger partial charge in [-0.05, 0) is 44.9 Å². The molecule has 7 heteroatoms. The fourth-order valence-corrected chi connectivity index (χ4v) is 4.30. The van der Waals surface area contributed by atoms with Crippen LogP contribution in [-0.2, 0) is 11.3 Å². The third-order valence-corrected chi connectivity index (χ3v) is 5.88. The number of benzene rings is 1. The number of nitrogens with one attached hydrogen (secondary N) is 1. The zero-order chi connectivity index (χ0) is 18.8. The molecule has 3 heterocycles. The van der Waals surface area contributed by atoms with Gasteiger partial charge >= 0.3 is 0 Å². The minimum atomic E-state index is -0.333. The van der Waals surface area contributed by atoms with Gasteiger partial charge in [-0.3, -0.25) is 5.43 Å². The van der Waals surface area contributed by atoms with Crippen LogP contribution in [0.1, 0.15) is 29.8 Å². The van der Waals surface area contributed by atoms with Crippen molar-refractivity contribution in [1.29, 1.82) is 0 Å². The van der Waals surface area contributed by atoms with Gasteiger partial charge in [-0.1, -0.05) is 23.9 Å². The molecule has 2 aliphatic heterocycles.